The van der Waals surface area contributed by atoms with Gasteiger partial charge in [0.05, 0.1) is 12.2 Å². The quantitative estimate of drug-likeness (QED) is 0.650. The predicted molar refractivity (Wildman–Crippen MR) is 56.0 cm³/mol. The standard InChI is InChI=1S/C8H19O3PS/c1-5-7(3)10-12(9,13)11-8(4)6-2/h7-8H,5-6H2,1-4H3,(H,9,13)/p-1. The van der Waals surface area contributed by atoms with Gasteiger partial charge in [0, 0.05) is 0 Å². The summed E-state index contributed by atoms with van der Waals surface area (Å²) in [6.45, 7) is 4.31. The molecule has 0 amide bonds. The molecule has 0 aliphatic rings. The van der Waals surface area contributed by atoms with Crippen molar-refractivity contribution in [2.45, 2.75) is 52.7 Å². The van der Waals surface area contributed by atoms with E-state index in [9.17, 15) is 4.89 Å². The largest absolute Gasteiger partial charge is 0.780 e. The molecule has 5 heteroatoms. The summed E-state index contributed by atoms with van der Waals surface area (Å²) in [6.07, 6.45) is 1.36. The van der Waals surface area contributed by atoms with E-state index < -0.39 is 6.72 Å². The summed E-state index contributed by atoms with van der Waals surface area (Å²) < 4.78 is 10.2. The normalized spacial score (nSPS) is 20.7. The van der Waals surface area contributed by atoms with Crippen LogP contribution in [0.4, 0.5) is 0 Å². The molecule has 0 aromatic rings. The molecule has 0 fully saturated rings. The van der Waals surface area contributed by atoms with Crippen LogP contribution < -0.4 is 4.89 Å². The van der Waals surface area contributed by atoms with Gasteiger partial charge in [-0.25, -0.2) is 0 Å². The molecule has 0 saturated carbocycles. The lowest BCUT2D eigenvalue weighted by atomic mass is 10.3. The molecule has 0 rings (SSSR count). The molecule has 2 unspecified atom stereocenters. The second-order valence-corrected chi connectivity index (χ2v) is 5.75. The van der Waals surface area contributed by atoms with Gasteiger partial charge in [-0.2, -0.15) is 0 Å². The molecule has 0 saturated heterocycles. The first kappa shape index (κ1) is 13.5. The minimum absolute atomic E-state index is 0.104. The van der Waals surface area contributed by atoms with Crippen molar-refractivity contribution < 1.29 is 13.9 Å². The van der Waals surface area contributed by atoms with E-state index in [1.54, 1.807) is 0 Å². The van der Waals surface area contributed by atoms with E-state index in [0.717, 1.165) is 12.8 Å². The SMILES string of the molecule is CCC(C)OP([O-])(=S)OC(C)CC. The van der Waals surface area contributed by atoms with Gasteiger partial charge in [0.25, 0.3) is 0 Å². The van der Waals surface area contributed by atoms with Crippen LogP contribution in [0.5, 0.6) is 0 Å². The Bertz CT molecular complexity index is 170. The molecule has 0 aliphatic carbocycles. The van der Waals surface area contributed by atoms with Gasteiger partial charge in [-0.05, 0) is 26.7 Å². The highest BCUT2D eigenvalue weighted by Crippen LogP contribution is 2.42. The Morgan fingerprint density at radius 1 is 1.15 bits per heavy atom. The smallest absolute Gasteiger partial charge is 0.116 e. The molecule has 0 aromatic carbocycles. The van der Waals surface area contributed by atoms with Crippen LogP contribution in [0.25, 0.3) is 0 Å². The molecule has 2 atom stereocenters. The van der Waals surface area contributed by atoms with Gasteiger partial charge in [0.15, 0.2) is 0 Å². The highest BCUT2D eigenvalue weighted by molar-refractivity contribution is 8.06. The van der Waals surface area contributed by atoms with Crippen LogP contribution in [0.15, 0.2) is 0 Å². The molecular weight excluding hydrogens is 207 g/mol. The van der Waals surface area contributed by atoms with Crippen LogP contribution in [0.2, 0.25) is 0 Å². The third-order valence-corrected chi connectivity index (χ3v) is 3.52. The van der Waals surface area contributed by atoms with Crippen molar-refractivity contribution in [3.8, 4) is 0 Å². The molecule has 0 aliphatic heterocycles. The number of hydrogen-bond donors (Lipinski definition) is 0. The van der Waals surface area contributed by atoms with E-state index >= 15 is 0 Å². The van der Waals surface area contributed by atoms with Crippen LogP contribution >= 0.6 is 6.72 Å². The fraction of sp³-hybridized carbons (Fsp3) is 1.00. The van der Waals surface area contributed by atoms with Crippen molar-refractivity contribution in [2.24, 2.45) is 0 Å². The van der Waals surface area contributed by atoms with Crippen molar-refractivity contribution in [2.75, 3.05) is 0 Å². The Morgan fingerprint density at radius 2 is 1.46 bits per heavy atom. The maximum absolute atomic E-state index is 11.5. The van der Waals surface area contributed by atoms with E-state index in [-0.39, 0.29) is 12.2 Å². The Labute approximate surface area is 85.7 Å². The van der Waals surface area contributed by atoms with Crippen molar-refractivity contribution >= 4 is 18.5 Å². The molecule has 80 valence electrons. The monoisotopic (exact) mass is 225 g/mol. The molecular formula is C8H18O3PS-. The third kappa shape index (κ3) is 6.58. The Morgan fingerprint density at radius 3 is 1.69 bits per heavy atom. The number of rotatable bonds is 6. The maximum Gasteiger partial charge on any atom is 0.116 e. The van der Waals surface area contributed by atoms with Crippen molar-refractivity contribution in [3.63, 3.8) is 0 Å². The van der Waals surface area contributed by atoms with Crippen molar-refractivity contribution in [1.82, 2.24) is 0 Å². The first-order valence-corrected chi connectivity index (χ1v) is 7.14. The second-order valence-electron chi connectivity index (χ2n) is 3.10. The van der Waals surface area contributed by atoms with E-state index in [1.165, 1.54) is 0 Å². The minimum atomic E-state index is -3.25. The van der Waals surface area contributed by atoms with E-state index in [4.69, 9.17) is 20.9 Å². The molecule has 0 N–H and O–H groups in total. The zero-order valence-electron chi connectivity index (χ0n) is 8.65. The Balaban J connectivity index is 4.00. The lowest BCUT2D eigenvalue weighted by Gasteiger charge is -2.32. The molecule has 0 spiro atoms. The summed E-state index contributed by atoms with van der Waals surface area (Å²) in [4.78, 5) is 11.5. The second kappa shape index (κ2) is 6.10. The zero-order valence-corrected chi connectivity index (χ0v) is 10.4. The Kier molecular flexibility index (Phi) is 6.34. The average molecular weight is 225 g/mol. The van der Waals surface area contributed by atoms with Crippen LogP contribution in [0.3, 0.4) is 0 Å². The topological polar surface area (TPSA) is 41.5 Å². The van der Waals surface area contributed by atoms with Gasteiger partial charge in [-0.3, -0.25) is 0 Å². The Hall–Kier alpha value is 0.530. The summed E-state index contributed by atoms with van der Waals surface area (Å²) in [5.74, 6) is 0. The predicted octanol–water partition coefficient (Wildman–Crippen LogP) is 2.20. The summed E-state index contributed by atoms with van der Waals surface area (Å²) in [5, 5.41) is 0. The molecule has 3 nitrogen and oxygen atoms in total. The molecule has 0 heterocycles. The summed E-state index contributed by atoms with van der Waals surface area (Å²) in [7, 11) is 0. The lowest BCUT2D eigenvalue weighted by molar-refractivity contribution is -0.213. The minimum Gasteiger partial charge on any atom is -0.780 e. The van der Waals surface area contributed by atoms with Crippen LogP contribution in [-0.2, 0) is 20.9 Å². The summed E-state index contributed by atoms with van der Waals surface area (Å²) in [6, 6.07) is 0. The molecule has 0 radical (unpaired) electrons. The van der Waals surface area contributed by atoms with Gasteiger partial charge < -0.3 is 13.9 Å². The highest BCUT2D eigenvalue weighted by Gasteiger charge is 2.11. The fourth-order valence-corrected chi connectivity index (χ4v) is 2.73. The first-order valence-electron chi connectivity index (χ1n) is 4.59. The number of hydrogen-bond acceptors (Lipinski definition) is 4. The first-order chi connectivity index (χ1) is 5.91. The van der Waals surface area contributed by atoms with Gasteiger partial charge in [0.1, 0.15) is 6.72 Å². The maximum atomic E-state index is 11.5. The molecule has 0 aromatic heterocycles. The summed E-state index contributed by atoms with van der Waals surface area (Å²) >= 11 is 4.74. The fourth-order valence-electron chi connectivity index (χ4n) is 0.615. The zero-order chi connectivity index (χ0) is 10.5. The molecule has 13 heavy (non-hydrogen) atoms. The van der Waals surface area contributed by atoms with Gasteiger partial charge in [-0.1, -0.05) is 25.7 Å². The van der Waals surface area contributed by atoms with Crippen LogP contribution in [-0.4, -0.2) is 12.2 Å². The highest BCUT2D eigenvalue weighted by atomic mass is 32.5. The van der Waals surface area contributed by atoms with Crippen molar-refractivity contribution in [1.29, 1.82) is 0 Å². The van der Waals surface area contributed by atoms with Gasteiger partial charge in [-0.15, -0.1) is 0 Å². The summed E-state index contributed by atoms with van der Waals surface area (Å²) in [5.41, 5.74) is 0. The van der Waals surface area contributed by atoms with Crippen molar-refractivity contribution in [3.05, 3.63) is 0 Å². The lowest BCUT2D eigenvalue weighted by Crippen LogP contribution is -2.17. The van der Waals surface area contributed by atoms with E-state index in [0.29, 0.717) is 0 Å². The molecule has 0 bridgehead atoms. The third-order valence-electron chi connectivity index (χ3n) is 1.77. The van der Waals surface area contributed by atoms with E-state index in [1.807, 2.05) is 27.7 Å². The van der Waals surface area contributed by atoms with E-state index in [2.05, 4.69) is 0 Å². The average Bonchev–Trinajstić information content (AvgIpc) is 2.02. The van der Waals surface area contributed by atoms with Gasteiger partial charge >= 0.3 is 0 Å². The van der Waals surface area contributed by atoms with Gasteiger partial charge in [0.2, 0.25) is 0 Å². The van der Waals surface area contributed by atoms with Crippen LogP contribution in [0.1, 0.15) is 40.5 Å². The van der Waals surface area contributed by atoms with Crippen LogP contribution in [0, 0.1) is 0 Å².